The summed E-state index contributed by atoms with van der Waals surface area (Å²) in [5.74, 6) is 0. The normalized spacial score (nSPS) is 12.5. The van der Waals surface area contributed by atoms with Crippen LogP contribution in [0.25, 0.3) is 10.8 Å². The molecule has 3 aromatic rings. The predicted molar refractivity (Wildman–Crippen MR) is 86.0 cm³/mol. The second-order valence-corrected chi connectivity index (χ2v) is 5.27. The Hall–Kier alpha value is -2.26. The molecule has 2 aromatic carbocycles. The predicted octanol–water partition coefficient (Wildman–Crippen LogP) is 3.79. The Morgan fingerprint density at radius 1 is 1.00 bits per heavy atom. The zero-order valence-corrected chi connectivity index (χ0v) is 12.4. The van der Waals surface area contributed by atoms with E-state index in [4.69, 9.17) is 0 Å². The zero-order valence-electron chi connectivity index (χ0n) is 12.4. The molecule has 0 radical (unpaired) electrons. The van der Waals surface area contributed by atoms with Gasteiger partial charge in [-0.05, 0) is 30.2 Å². The van der Waals surface area contributed by atoms with E-state index >= 15 is 0 Å². The number of hydrogen-bond acceptors (Lipinski definition) is 3. The van der Waals surface area contributed by atoms with Gasteiger partial charge in [-0.25, -0.2) is 0 Å². The van der Waals surface area contributed by atoms with Crippen molar-refractivity contribution in [2.45, 2.75) is 26.4 Å². The first-order valence-corrected chi connectivity index (χ1v) is 7.23. The maximum absolute atomic E-state index is 4.43. The minimum Gasteiger partial charge on any atom is -0.305 e. The van der Waals surface area contributed by atoms with E-state index < -0.39 is 0 Å². The number of aromatic nitrogens is 2. The summed E-state index contributed by atoms with van der Waals surface area (Å²) in [4.78, 5) is 8.73. The van der Waals surface area contributed by atoms with Crippen LogP contribution < -0.4 is 5.32 Å². The summed E-state index contributed by atoms with van der Waals surface area (Å²) >= 11 is 0. The molecule has 1 N–H and O–H groups in total. The lowest BCUT2D eigenvalue weighted by Gasteiger charge is -2.15. The summed E-state index contributed by atoms with van der Waals surface area (Å²) in [7, 11) is 0. The molecule has 0 aliphatic rings. The molecule has 3 heteroatoms. The molecule has 0 aliphatic heterocycles. The van der Waals surface area contributed by atoms with Gasteiger partial charge in [-0.3, -0.25) is 9.97 Å². The highest BCUT2D eigenvalue weighted by Crippen LogP contribution is 2.19. The highest BCUT2D eigenvalue weighted by Gasteiger charge is 2.10. The molecule has 0 saturated heterocycles. The van der Waals surface area contributed by atoms with Gasteiger partial charge in [-0.15, -0.1) is 0 Å². The van der Waals surface area contributed by atoms with E-state index in [1.807, 2.05) is 6.92 Å². The molecule has 1 atom stereocenters. The first kappa shape index (κ1) is 13.7. The van der Waals surface area contributed by atoms with Crippen molar-refractivity contribution < 1.29 is 0 Å². The molecule has 0 bridgehead atoms. The van der Waals surface area contributed by atoms with Gasteiger partial charge in [0.1, 0.15) is 0 Å². The lowest BCUT2D eigenvalue weighted by Crippen LogP contribution is -2.20. The summed E-state index contributed by atoms with van der Waals surface area (Å²) in [6.45, 7) is 4.94. The zero-order chi connectivity index (χ0) is 14.7. The van der Waals surface area contributed by atoms with E-state index in [-0.39, 0.29) is 6.04 Å². The van der Waals surface area contributed by atoms with Crippen molar-refractivity contribution in [3.63, 3.8) is 0 Å². The Morgan fingerprint density at radius 2 is 1.76 bits per heavy atom. The standard InChI is InChI=1S/C18H19N3/c1-13-18(20-11-10-19-13)14(2)21-12-16-8-5-7-15-6-3-4-9-17(15)16/h3-11,14,21H,12H2,1-2H3. The quantitative estimate of drug-likeness (QED) is 0.788. The number of fused-ring (bicyclic) bond motifs is 1. The molecule has 0 amide bonds. The Kier molecular flexibility index (Phi) is 3.93. The number of benzene rings is 2. The van der Waals surface area contributed by atoms with Crippen molar-refractivity contribution in [3.8, 4) is 0 Å². The third kappa shape index (κ3) is 2.93. The molecule has 0 aliphatic carbocycles. The first-order chi connectivity index (χ1) is 10.3. The van der Waals surface area contributed by atoms with Crippen molar-refractivity contribution in [2.75, 3.05) is 0 Å². The summed E-state index contributed by atoms with van der Waals surface area (Å²) in [6.07, 6.45) is 3.48. The van der Waals surface area contributed by atoms with Gasteiger partial charge in [0.15, 0.2) is 0 Å². The van der Waals surface area contributed by atoms with Gasteiger partial charge < -0.3 is 5.32 Å². The van der Waals surface area contributed by atoms with Gasteiger partial charge in [0, 0.05) is 25.0 Å². The van der Waals surface area contributed by atoms with Crippen LogP contribution in [-0.2, 0) is 6.54 Å². The fourth-order valence-electron chi connectivity index (χ4n) is 2.65. The van der Waals surface area contributed by atoms with Crippen LogP contribution in [0.4, 0.5) is 0 Å². The van der Waals surface area contributed by atoms with Gasteiger partial charge >= 0.3 is 0 Å². The molecule has 1 unspecified atom stereocenters. The third-order valence-corrected chi connectivity index (χ3v) is 3.81. The van der Waals surface area contributed by atoms with Gasteiger partial charge in [-0.1, -0.05) is 42.5 Å². The number of nitrogens with one attached hydrogen (secondary N) is 1. The Bertz CT molecular complexity index is 747. The fraction of sp³-hybridized carbons (Fsp3) is 0.222. The van der Waals surface area contributed by atoms with E-state index in [0.29, 0.717) is 0 Å². The van der Waals surface area contributed by atoms with Crippen molar-refractivity contribution in [1.29, 1.82) is 0 Å². The minimum atomic E-state index is 0.178. The lowest BCUT2D eigenvalue weighted by atomic mass is 10.0. The van der Waals surface area contributed by atoms with E-state index in [0.717, 1.165) is 17.9 Å². The molecule has 0 fully saturated rings. The van der Waals surface area contributed by atoms with Gasteiger partial charge in [0.05, 0.1) is 11.4 Å². The number of rotatable bonds is 4. The molecular weight excluding hydrogens is 258 g/mol. The molecule has 1 aromatic heterocycles. The van der Waals surface area contributed by atoms with Crippen LogP contribution in [0.2, 0.25) is 0 Å². The van der Waals surface area contributed by atoms with Crippen LogP contribution in [0.3, 0.4) is 0 Å². The average molecular weight is 277 g/mol. The van der Waals surface area contributed by atoms with Gasteiger partial charge in [0.25, 0.3) is 0 Å². The van der Waals surface area contributed by atoms with Crippen LogP contribution in [0.5, 0.6) is 0 Å². The maximum atomic E-state index is 4.43. The van der Waals surface area contributed by atoms with Crippen LogP contribution in [0.1, 0.15) is 29.9 Å². The number of aryl methyl sites for hydroxylation is 1. The van der Waals surface area contributed by atoms with Crippen LogP contribution in [-0.4, -0.2) is 9.97 Å². The summed E-state index contributed by atoms with van der Waals surface area (Å²) in [5, 5.41) is 6.13. The maximum Gasteiger partial charge on any atom is 0.0782 e. The second-order valence-electron chi connectivity index (χ2n) is 5.27. The lowest BCUT2D eigenvalue weighted by molar-refractivity contribution is 0.557. The highest BCUT2D eigenvalue weighted by atomic mass is 14.9. The number of nitrogens with zero attached hydrogens (tertiary/aromatic N) is 2. The van der Waals surface area contributed by atoms with Gasteiger partial charge in [0.2, 0.25) is 0 Å². The smallest absolute Gasteiger partial charge is 0.0782 e. The molecule has 3 rings (SSSR count). The minimum absolute atomic E-state index is 0.178. The number of hydrogen-bond donors (Lipinski definition) is 1. The highest BCUT2D eigenvalue weighted by molar-refractivity contribution is 5.85. The van der Waals surface area contributed by atoms with Crippen LogP contribution in [0, 0.1) is 6.92 Å². The van der Waals surface area contributed by atoms with Crippen molar-refractivity contribution in [1.82, 2.24) is 15.3 Å². The molecule has 0 saturated carbocycles. The second kappa shape index (κ2) is 6.02. The molecule has 21 heavy (non-hydrogen) atoms. The van der Waals surface area contributed by atoms with Crippen LogP contribution >= 0.6 is 0 Å². The monoisotopic (exact) mass is 277 g/mol. The Morgan fingerprint density at radius 3 is 2.62 bits per heavy atom. The fourth-order valence-corrected chi connectivity index (χ4v) is 2.65. The molecule has 106 valence electrons. The van der Waals surface area contributed by atoms with E-state index in [2.05, 4.69) is 64.7 Å². The SMILES string of the molecule is Cc1nccnc1C(C)NCc1cccc2ccccc12. The topological polar surface area (TPSA) is 37.8 Å². The first-order valence-electron chi connectivity index (χ1n) is 7.23. The molecule has 1 heterocycles. The Balaban J connectivity index is 1.79. The summed E-state index contributed by atoms with van der Waals surface area (Å²) < 4.78 is 0. The van der Waals surface area contributed by atoms with Crippen LogP contribution in [0.15, 0.2) is 54.9 Å². The summed E-state index contributed by atoms with van der Waals surface area (Å²) in [5.41, 5.74) is 3.30. The molecule has 0 spiro atoms. The van der Waals surface area contributed by atoms with E-state index in [1.165, 1.54) is 16.3 Å². The van der Waals surface area contributed by atoms with Crippen molar-refractivity contribution in [3.05, 3.63) is 71.8 Å². The van der Waals surface area contributed by atoms with Gasteiger partial charge in [-0.2, -0.15) is 0 Å². The Labute approximate surface area is 125 Å². The average Bonchev–Trinajstić information content (AvgIpc) is 2.53. The summed E-state index contributed by atoms with van der Waals surface area (Å²) in [6, 6.07) is 15.1. The van der Waals surface area contributed by atoms with E-state index in [9.17, 15) is 0 Å². The van der Waals surface area contributed by atoms with Crippen molar-refractivity contribution in [2.24, 2.45) is 0 Å². The molecular formula is C18H19N3. The van der Waals surface area contributed by atoms with E-state index in [1.54, 1.807) is 12.4 Å². The molecule has 3 nitrogen and oxygen atoms in total. The largest absolute Gasteiger partial charge is 0.305 e. The van der Waals surface area contributed by atoms with Crippen molar-refractivity contribution >= 4 is 10.8 Å². The third-order valence-electron chi connectivity index (χ3n) is 3.81.